The zero-order chi connectivity index (χ0) is 111. The maximum Gasteiger partial charge on any atom is 0.226 e. The van der Waals surface area contributed by atoms with Gasteiger partial charge in [-0.05, 0) is 249 Å². The largest absolute Gasteiger partial charge is 0.523 e. The van der Waals surface area contributed by atoms with E-state index in [1.807, 2.05) is 138 Å². The molecule has 8 heterocycles. The average molecular weight is 2020 g/mol. The average Bonchev–Trinajstić information content (AvgIpc) is 1.36. The van der Waals surface area contributed by atoms with Crippen molar-refractivity contribution in [3.8, 4) is 0 Å². The molecule has 4 fully saturated rings. The monoisotopic (exact) mass is 2020 g/mol. The summed E-state index contributed by atoms with van der Waals surface area (Å²) in [6.45, 7) is 89.9. The number of allylic oxidation sites excluding steroid dienone is 5. The van der Waals surface area contributed by atoms with Gasteiger partial charge in [-0.2, -0.15) is 30.6 Å². The normalized spacial score (nSPS) is 29.6. The van der Waals surface area contributed by atoms with Crippen molar-refractivity contribution in [3.63, 3.8) is 0 Å². The summed E-state index contributed by atoms with van der Waals surface area (Å²) in [6, 6.07) is 2.03. The molecule has 4 N–H and O–H groups in total. The number of nitrogens with zero attached hydrogens (tertiary/aromatic N) is 14. The van der Waals surface area contributed by atoms with E-state index in [1.165, 1.54) is 20.0 Å². The first-order valence-corrected chi connectivity index (χ1v) is 52.1. The van der Waals surface area contributed by atoms with Crippen LogP contribution in [0.1, 0.15) is 404 Å². The third-order valence-corrected chi connectivity index (χ3v) is 36.5. The first-order valence-electron chi connectivity index (χ1n) is 53.1. The van der Waals surface area contributed by atoms with Crippen LogP contribution in [0.3, 0.4) is 0 Å². The Labute approximate surface area is 871 Å². The fourth-order valence-corrected chi connectivity index (χ4v) is 28.5. The molecule has 30 nitrogen and oxygen atoms in total. The first kappa shape index (κ1) is 112. The summed E-state index contributed by atoms with van der Waals surface area (Å²) >= 11 is 0. The first-order chi connectivity index (χ1) is 67.8. The van der Waals surface area contributed by atoms with Crippen LogP contribution in [0.25, 0.3) is 9.69 Å². The van der Waals surface area contributed by atoms with Crippen molar-refractivity contribution in [1.82, 2.24) is 64.2 Å². The number of aromatic nitrogens is 12. The zero-order valence-electron chi connectivity index (χ0n) is 95.8. The van der Waals surface area contributed by atoms with Crippen molar-refractivity contribution in [2.45, 2.75) is 385 Å². The number of furan rings is 1. The van der Waals surface area contributed by atoms with Gasteiger partial charge >= 0.3 is 0 Å². The standard InChI is InChI=1S/C20H30N2O3.C20H26N2O2.C19H25N3O2.C19H23N3O2.C19H26N2O3.C18H26N2O2.CH5NO.CH4/c1-17(2,3)22-14-11-15-18(4,5)20(24-9-10-25-20)8-7-19(15,6)16(23)13(14)12-21-22;1-18(2,3)22-14-9-15-19(4,5)17-12(7-8-24-17)10-20(15,6)16(23)13(14)11-21-22;2*1-17(2,3)22-13-8-14-18(4,5)16(24)12(20-7)9-19(14,6)15(23)11(13)10-21-22;1-17(2,3)21-13-7-14-18(4,5)15(23)11(10-22)8-19(14,6)16(24)12(13)9-20-21;1-16(2,3)20-12-9-13-17(4,5)14(21)7-8-18(13,6)15(22)11(12)10-19-20;1-2-3;/h12,15H,7-11H2,1-6H3;7-8,11,15H,9-10H2,1-6H3;10,14,24H,8-9H2,1-6H3;9-10,14H,8H2,1-6H3;9-10,14,22H,7-8H2,1-6H3;10,13H,7-9H2,1-6H3;2-3H,1H3;1H4/b;;;;11-10-;;;/t15-,19-;15-,20-;3*14-,19-;13-,18-;;/m000000../s1/i;;;;;;;1T. The maximum atomic E-state index is 13.5. The van der Waals surface area contributed by atoms with Gasteiger partial charge in [-0.3, -0.25) is 66.4 Å². The smallest absolute Gasteiger partial charge is 0.226 e. The highest BCUT2D eigenvalue weighted by atomic mass is 16.7. The van der Waals surface area contributed by atoms with Crippen LogP contribution in [0.4, 0.5) is 0 Å². The molecule has 0 aromatic carbocycles. The molecule has 798 valence electrons. The molecule has 13 aliphatic rings. The summed E-state index contributed by atoms with van der Waals surface area (Å²) in [5.41, 5.74) is 6.50. The van der Waals surface area contributed by atoms with Crippen molar-refractivity contribution in [1.29, 1.82) is 0 Å². The van der Waals surface area contributed by atoms with Gasteiger partial charge in [0, 0.05) is 91.8 Å². The quantitative estimate of drug-likeness (QED) is 0.0474. The number of fused-ring (bicyclic) bond motifs is 13. The fourth-order valence-electron chi connectivity index (χ4n) is 28.5. The minimum atomic E-state index is -0.837. The Balaban J connectivity index is 0.000000147. The Bertz CT molecular complexity index is 6690. The molecular formula is C117H165N15O15. The lowest BCUT2D eigenvalue weighted by molar-refractivity contribution is -0.277. The van der Waals surface area contributed by atoms with E-state index >= 15 is 0 Å². The molecule has 0 bridgehead atoms. The molecule has 7 aromatic heterocycles. The van der Waals surface area contributed by atoms with E-state index in [2.05, 4.69) is 186 Å². The van der Waals surface area contributed by atoms with Gasteiger partial charge in [0.05, 0.1) is 177 Å². The second-order valence-electron chi connectivity index (χ2n) is 54.5. The lowest BCUT2D eigenvalue weighted by atomic mass is 9.49. The number of carbonyl (C=O) groups is 9. The van der Waals surface area contributed by atoms with E-state index in [1.54, 1.807) is 55.0 Å². The molecule has 0 radical (unpaired) electrons. The third-order valence-electron chi connectivity index (χ3n) is 36.5. The van der Waals surface area contributed by atoms with Crippen molar-refractivity contribution in [2.75, 3.05) is 20.3 Å². The maximum absolute atomic E-state index is 13.5. The number of nitrogens with one attached hydrogen (secondary N) is 1. The van der Waals surface area contributed by atoms with Gasteiger partial charge in [0.25, 0.3) is 0 Å². The molecule has 12 aliphatic carbocycles. The minimum Gasteiger partial charge on any atom is -0.523 e. The summed E-state index contributed by atoms with van der Waals surface area (Å²) in [7, 11) is 2.68. The third kappa shape index (κ3) is 17.7. The highest BCUT2D eigenvalue weighted by molar-refractivity contribution is 6.11. The Hall–Kier alpha value is -10.8. The predicted molar refractivity (Wildman–Crippen MR) is 562 cm³/mol. The summed E-state index contributed by atoms with van der Waals surface area (Å²) in [6.07, 6.45) is 23.0. The Morgan fingerprint density at radius 1 is 0.408 bits per heavy atom. The molecule has 1 aliphatic heterocycles. The van der Waals surface area contributed by atoms with Gasteiger partial charge in [0.2, 0.25) is 11.4 Å². The van der Waals surface area contributed by atoms with Crippen LogP contribution in [-0.2, 0) is 107 Å². The zero-order valence-corrected chi connectivity index (χ0v) is 94.8. The van der Waals surface area contributed by atoms with Crippen LogP contribution in [0.2, 0.25) is 0 Å². The molecule has 7 aromatic rings. The molecule has 0 amide bonds. The van der Waals surface area contributed by atoms with Gasteiger partial charge in [-0.1, -0.05) is 131 Å². The summed E-state index contributed by atoms with van der Waals surface area (Å²) in [4.78, 5) is 125. The molecule has 30 heteroatoms. The van der Waals surface area contributed by atoms with E-state index in [-0.39, 0.29) is 160 Å². The van der Waals surface area contributed by atoms with E-state index in [4.69, 9.17) is 33.6 Å². The number of rotatable bonds is 0. The van der Waals surface area contributed by atoms with Crippen LogP contribution in [0.5, 0.6) is 0 Å². The van der Waals surface area contributed by atoms with Gasteiger partial charge in [0.1, 0.15) is 17.3 Å². The molecule has 3 saturated carbocycles. The molecule has 0 unspecified atom stereocenters. The van der Waals surface area contributed by atoms with E-state index in [0.717, 1.165) is 101 Å². The Kier molecular flexibility index (Phi) is 28.0. The number of hydrogen-bond donors (Lipinski definition) is 4. The van der Waals surface area contributed by atoms with Gasteiger partial charge in [-0.15, -0.1) is 0 Å². The van der Waals surface area contributed by atoms with Gasteiger partial charge in [0.15, 0.2) is 52.1 Å². The lowest BCUT2D eigenvalue weighted by Crippen LogP contribution is -2.62. The van der Waals surface area contributed by atoms with Crippen LogP contribution in [0, 0.1) is 108 Å². The van der Waals surface area contributed by atoms with Crippen LogP contribution in [-0.4, -0.2) is 152 Å². The fraction of sp³-hybridized carbons (Fsp3) is 0.667. The number of ether oxygens (including phenoxy) is 2. The minimum absolute atomic E-state index is 0.0316. The molecule has 12 atom stereocenters. The van der Waals surface area contributed by atoms with Crippen LogP contribution in [0.15, 0.2) is 89.0 Å². The molecule has 1 spiro atoms. The lowest BCUT2D eigenvalue weighted by Gasteiger charge is -2.58. The molecule has 20 rings (SSSR count). The van der Waals surface area contributed by atoms with Crippen LogP contribution >= 0.6 is 0 Å². The topological polar surface area (TPSA) is 374 Å². The molecular weight excluding hydrogens is 1860 g/mol. The van der Waals surface area contributed by atoms with Crippen molar-refractivity contribution in [3.05, 3.63) is 186 Å². The van der Waals surface area contributed by atoms with E-state index in [0.29, 0.717) is 79.7 Å². The van der Waals surface area contributed by atoms with Crippen molar-refractivity contribution < 1.29 is 73.8 Å². The summed E-state index contributed by atoms with van der Waals surface area (Å²) < 4.78 is 35.6. The number of hydrogen-bond acceptors (Lipinski definition) is 22. The highest BCUT2D eigenvalue weighted by Gasteiger charge is 2.68. The van der Waals surface area contributed by atoms with Crippen molar-refractivity contribution in [2.24, 2.45) is 95.1 Å². The van der Waals surface area contributed by atoms with Crippen molar-refractivity contribution >= 4 is 52.0 Å². The van der Waals surface area contributed by atoms with E-state index < -0.39 is 49.1 Å². The number of carbonyl (C=O) groups excluding carboxylic acids is 9. The number of Topliss-reactive ketones (excluding diaryl/α,β-unsaturated/α-hetero) is 9. The second-order valence-corrected chi connectivity index (χ2v) is 54.5. The highest BCUT2D eigenvalue weighted by Crippen LogP contribution is 2.66. The predicted octanol–water partition coefficient (Wildman–Crippen LogP) is 22.3. The van der Waals surface area contributed by atoms with Crippen LogP contribution < -0.4 is 5.48 Å². The van der Waals surface area contributed by atoms with Gasteiger partial charge < -0.3 is 34.1 Å². The molecule has 1 saturated heterocycles. The number of aliphatic hydroxyl groups excluding tert-OH is 2. The second kappa shape index (κ2) is 36.8. The van der Waals surface area contributed by atoms with E-state index in [9.17, 15) is 53.4 Å². The van der Waals surface area contributed by atoms with Gasteiger partial charge in [-0.25, -0.2) is 15.2 Å². The summed E-state index contributed by atoms with van der Waals surface area (Å²) in [5, 5.41) is 54.4. The number of hydroxylamine groups is 1. The Morgan fingerprint density at radius 3 is 1.08 bits per heavy atom. The number of ketones is 9. The molecule has 147 heavy (non-hydrogen) atoms. The Morgan fingerprint density at radius 2 is 0.721 bits per heavy atom. The SMILES string of the molecule is CC(C)(C)n1ncc2c1C[C@H]1C(C)(C)C3(CC[C@]1(C)C2=O)OCCO3.CC1(C)C(=O)/C(=C\O)C[C@]2(C)C(=O)c3cnn(C(C)(C)C)c3C[C@@H]12.CC1(C)C(=O)CC[C@]2(C)C(=O)c3cnn(C(C)(C)C)c3C[C@@H]12.CC1(C)c2occc2C[C@]2(C)C(=O)c3cnn(C(C)(C)C)c3C[C@@H]12.CNO.[3H]C.[C-]#[N+]C1=C(O)C(C)(C)[C@@H]2Cc3c(cnn3C(C)(C)C)C(=O)[C@@]2(C)C1.[C-]#[N+]C1=C[C@]2(C)C(=O)c3cnn(C(C)(C)C)c3C[C@H]2C(C)(C)C1=O. The summed E-state index contributed by atoms with van der Waals surface area (Å²) in [5.74, 6) is 1.47. The number of aliphatic hydroxyl groups is 2.